The molecule has 0 aromatic heterocycles. The molecule has 2 aromatic carbocycles. The Morgan fingerprint density at radius 3 is 2.62 bits per heavy atom. The molecule has 1 aliphatic rings. The predicted octanol–water partition coefficient (Wildman–Crippen LogP) is 5.36. The quantitative estimate of drug-likeness (QED) is 0.467. The summed E-state index contributed by atoms with van der Waals surface area (Å²) < 4.78 is 6.09. The molecule has 1 aliphatic heterocycles. The molecule has 0 bridgehead atoms. The zero-order chi connectivity index (χ0) is 18.7. The third-order valence-electron chi connectivity index (χ3n) is 3.44. The highest BCUT2D eigenvalue weighted by Crippen LogP contribution is 2.36. The minimum Gasteiger partial charge on any atom is -0.480 e. The molecule has 0 radical (unpaired) electrons. The van der Waals surface area contributed by atoms with Gasteiger partial charge in [0.05, 0.1) is 15.1 Å². The second-order valence-corrected chi connectivity index (χ2v) is 7.46. The standard InChI is InChI=1S/C19H11BrClNO3S/c1-2-9-25-16-8-3-12(10-15(16)20)11-17-18(23)22(19(24)26-17)14-6-4-13(21)5-7-14/h1,3-8,10-11H,9H2/b17-11+. The van der Waals surface area contributed by atoms with Gasteiger partial charge in [0.2, 0.25) is 0 Å². The van der Waals surface area contributed by atoms with Crippen LogP contribution < -0.4 is 9.64 Å². The Morgan fingerprint density at radius 1 is 1.23 bits per heavy atom. The van der Waals surface area contributed by atoms with Gasteiger partial charge in [-0.05, 0) is 75.7 Å². The summed E-state index contributed by atoms with van der Waals surface area (Å²) in [7, 11) is 0. The maximum atomic E-state index is 12.6. The molecule has 1 fully saturated rings. The van der Waals surface area contributed by atoms with Gasteiger partial charge in [-0.3, -0.25) is 9.59 Å². The van der Waals surface area contributed by atoms with Crippen LogP contribution in [0, 0.1) is 12.3 Å². The van der Waals surface area contributed by atoms with Gasteiger partial charge in [0.25, 0.3) is 11.1 Å². The van der Waals surface area contributed by atoms with Crippen molar-refractivity contribution in [2.75, 3.05) is 11.5 Å². The van der Waals surface area contributed by atoms with Crippen molar-refractivity contribution in [1.82, 2.24) is 0 Å². The number of amides is 2. The number of rotatable bonds is 4. The van der Waals surface area contributed by atoms with E-state index in [-0.39, 0.29) is 17.8 Å². The van der Waals surface area contributed by atoms with Gasteiger partial charge in [-0.1, -0.05) is 23.6 Å². The Bertz CT molecular complexity index is 950. The van der Waals surface area contributed by atoms with Crippen molar-refractivity contribution in [2.45, 2.75) is 0 Å². The van der Waals surface area contributed by atoms with E-state index in [1.54, 1.807) is 48.5 Å². The van der Waals surface area contributed by atoms with Crippen molar-refractivity contribution < 1.29 is 14.3 Å². The third kappa shape index (κ3) is 3.96. The van der Waals surface area contributed by atoms with E-state index in [0.29, 0.717) is 25.8 Å². The van der Waals surface area contributed by atoms with Crippen LogP contribution >= 0.6 is 39.3 Å². The first-order chi connectivity index (χ1) is 12.5. The first-order valence-corrected chi connectivity index (χ1v) is 9.37. The topological polar surface area (TPSA) is 46.6 Å². The SMILES string of the molecule is C#CCOc1ccc(/C=C2/SC(=O)N(c3ccc(Cl)cc3)C2=O)cc1Br. The number of nitrogens with zero attached hydrogens (tertiary/aromatic N) is 1. The molecule has 4 nitrogen and oxygen atoms in total. The van der Waals surface area contributed by atoms with Crippen LogP contribution in [0.15, 0.2) is 51.8 Å². The fraction of sp³-hybridized carbons (Fsp3) is 0.0526. The number of carbonyl (C=O) groups excluding carboxylic acids is 2. The number of benzene rings is 2. The number of hydrogen-bond donors (Lipinski definition) is 0. The van der Waals surface area contributed by atoms with Gasteiger partial charge in [-0.15, -0.1) is 6.42 Å². The molecule has 0 spiro atoms. The Balaban J connectivity index is 1.85. The summed E-state index contributed by atoms with van der Waals surface area (Å²) in [6.07, 6.45) is 6.84. The van der Waals surface area contributed by atoms with E-state index >= 15 is 0 Å². The van der Waals surface area contributed by atoms with Crippen LogP contribution in [0.3, 0.4) is 0 Å². The van der Waals surface area contributed by atoms with Crippen LogP contribution in [-0.4, -0.2) is 17.8 Å². The van der Waals surface area contributed by atoms with Crippen LogP contribution in [0.25, 0.3) is 6.08 Å². The van der Waals surface area contributed by atoms with E-state index in [1.165, 1.54) is 0 Å². The van der Waals surface area contributed by atoms with Crippen molar-refractivity contribution in [3.05, 3.63) is 62.4 Å². The lowest BCUT2D eigenvalue weighted by atomic mass is 10.2. The summed E-state index contributed by atoms with van der Waals surface area (Å²) in [5.74, 6) is 2.63. The van der Waals surface area contributed by atoms with Gasteiger partial charge in [-0.2, -0.15) is 0 Å². The number of imide groups is 1. The zero-order valence-electron chi connectivity index (χ0n) is 13.2. The highest BCUT2D eigenvalue weighted by Gasteiger charge is 2.36. The normalized spacial score (nSPS) is 15.4. The number of ether oxygens (including phenoxy) is 1. The fourth-order valence-electron chi connectivity index (χ4n) is 2.28. The van der Waals surface area contributed by atoms with E-state index in [0.717, 1.165) is 22.2 Å². The maximum Gasteiger partial charge on any atom is 0.298 e. The van der Waals surface area contributed by atoms with Crippen LogP contribution in [0.5, 0.6) is 5.75 Å². The van der Waals surface area contributed by atoms with E-state index in [1.807, 2.05) is 0 Å². The lowest BCUT2D eigenvalue weighted by molar-refractivity contribution is -0.113. The molecule has 1 saturated heterocycles. The Morgan fingerprint density at radius 2 is 1.96 bits per heavy atom. The monoisotopic (exact) mass is 447 g/mol. The zero-order valence-corrected chi connectivity index (χ0v) is 16.4. The average Bonchev–Trinajstić information content (AvgIpc) is 2.89. The molecule has 0 saturated carbocycles. The van der Waals surface area contributed by atoms with E-state index in [9.17, 15) is 9.59 Å². The van der Waals surface area contributed by atoms with Crippen molar-refractivity contribution in [1.29, 1.82) is 0 Å². The fourth-order valence-corrected chi connectivity index (χ4v) is 3.75. The predicted molar refractivity (Wildman–Crippen MR) is 108 cm³/mol. The summed E-state index contributed by atoms with van der Waals surface area (Å²) in [5, 5.41) is 0.185. The number of anilines is 1. The van der Waals surface area contributed by atoms with Crippen molar-refractivity contribution >= 4 is 62.2 Å². The molecule has 130 valence electrons. The van der Waals surface area contributed by atoms with Crippen molar-refractivity contribution in [2.24, 2.45) is 0 Å². The number of hydrogen-bond acceptors (Lipinski definition) is 4. The minimum atomic E-state index is -0.369. The summed E-state index contributed by atoms with van der Waals surface area (Å²) in [5.41, 5.74) is 1.24. The number of halogens is 2. The van der Waals surface area contributed by atoms with Crippen LogP contribution in [-0.2, 0) is 4.79 Å². The van der Waals surface area contributed by atoms with Gasteiger partial charge in [0, 0.05) is 5.02 Å². The summed E-state index contributed by atoms with van der Waals surface area (Å²) >= 11 is 10.2. The van der Waals surface area contributed by atoms with Crippen LogP contribution in [0.2, 0.25) is 5.02 Å². The second kappa shape index (κ2) is 8.00. The second-order valence-electron chi connectivity index (χ2n) is 5.18. The average molecular weight is 449 g/mol. The molecule has 2 amide bonds. The van der Waals surface area contributed by atoms with Crippen LogP contribution in [0.4, 0.5) is 10.5 Å². The molecular weight excluding hydrogens is 438 g/mol. The maximum absolute atomic E-state index is 12.6. The molecule has 7 heteroatoms. The van der Waals surface area contributed by atoms with E-state index < -0.39 is 0 Å². The summed E-state index contributed by atoms with van der Waals surface area (Å²) in [6.45, 7) is 0.165. The highest BCUT2D eigenvalue weighted by atomic mass is 79.9. The summed E-state index contributed by atoms with van der Waals surface area (Å²) in [4.78, 5) is 26.4. The van der Waals surface area contributed by atoms with Gasteiger partial charge in [0.1, 0.15) is 12.4 Å². The van der Waals surface area contributed by atoms with Crippen molar-refractivity contribution in [3.8, 4) is 18.1 Å². The molecular formula is C19H11BrClNO3S. The number of carbonyl (C=O) groups is 2. The molecule has 0 atom stereocenters. The Hall–Kier alpha value is -2.20. The van der Waals surface area contributed by atoms with E-state index in [2.05, 4.69) is 21.9 Å². The van der Waals surface area contributed by atoms with E-state index in [4.69, 9.17) is 22.8 Å². The Kier molecular flexibility index (Phi) is 5.72. The molecule has 26 heavy (non-hydrogen) atoms. The molecule has 2 aromatic rings. The minimum absolute atomic E-state index is 0.165. The molecule has 0 N–H and O–H groups in total. The largest absolute Gasteiger partial charge is 0.480 e. The first-order valence-electron chi connectivity index (χ1n) is 7.39. The third-order valence-corrected chi connectivity index (χ3v) is 5.18. The number of thioether (sulfide) groups is 1. The Labute approximate surface area is 168 Å². The molecule has 3 rings (SSSR count). The molecule has 0 unspecified atom stereocenters. The van der Waals surface area contributed by atoms with Gasteiger partial charge >= 0.3 is 0 Å². The van der Waals surface area contributed by atoms with Gasteiger partial charge < -0.3 is 4.74 Å². The lowest BCUT2D eigenvalue weighted by Crippen LogP contribution is -2.27. The number of terminal acetylenes is 1. The first kappa shape index (κ1) is 18.6. The van der Waals surface area contributed by atoms with Crippen LogP contribution in [0.1, 0.15) is 5.56 Å². The molecule has 0 aliphatic carbocycles. The van der Waals surface area contributed by atoms with Gasteiger partial charge in [0.15, 0.2) is 0 Å². The molecule has 1 heterocycles. The van der Waals surface area contributed by atoms with Gasteiger partial charge in [-0.25, -0.2) is 4.90 Å². The lowest BCUT2D eigenvalue weighted by Gasteiger charge is -2.12. The van der Waals surface area contributed by atoms with Crippen molar-refractivity contribution in [3.63, 3.8) is 0 Å². The summed E-state index contributed by atoms with van der Waals surface area (Å²) in [6, 6.07) is 11.9. The highest BCUT2D eigenvalue weighted by molar-refractivity contribution is 9.10. The smallest absolute Gasteiger partial charge is 0.298 e.